The molecule has 0 bridgehead atoms. The Hall–Kier alpha value is -3.44. The van der Waals surface area contributed by atoms with Gasteiger partial charge in [-0.05, 0) is 48.9 Å². The van der Waals surface area contributed by atoms with E-state index in [1.54, 1.807) is 66.7 Å². The Morgan fingerprint density at radius 1 is 0.839 bits per heavy atom. The number of ketones is 1. The third kappa shape index (κ3) is 6.03. The maximum atomic E-state index is 12.9. The van der Waals surface area contributed by atoms with Crippen LogP contribution < -0.4 is 10.6 Å². The Labute approximate surface area is 186 Å². The zero-order valence-electron chi connectivity index (χ0n) is 17.2. The van der Waals surface area contributed by atoms with Crippen molar-refractivity contribution in [1.29, 1.82) is 0 Å². The molecule has 0 radical (unpaired) electrons. The second kappa shape index (κ2) is 10.5. The van der Waals surface area contributed by atoms with Crippen LogP contribution in [0.5, 0.6) is 0 Å². The minimum atomic E-state index is -0.367. The zero-order chi connectivity index (χ0) is 22.2. The lowest BCUT2D eigenvalue weighted by Crippen LogP contribution is -2.16. The van der Waals surface area contributed by atoms with Crippen LogP contribution in [0.2, 0.25) is 5.02 Å². The third-order valence-electron chi connectivity index (χ3n) is 4.70. The quantitative estimate of drug-likeness (QED) is 0.430. The summed E-state index contributed by atoms with van der Waals surface area (Å²) >= 11 is 6.09. The minimum Gasteiger partial charge on any atom is -0.326 e. The first-order valence-corrected chi connectivity index (χ1v) is 10.5. The van der Waals surface area contributed by atoms with Crippen LogP contribution in [-0.4, -0.2) is 17.6 Å². The molecule has 3 aromatic rings. The van der Waals surface area contributed by atoms with Gasteiger partial charge in [0, 0.05) is 33.8 Å². The third-order valence-corrected chi connectivity index (χ3v) is 4.93. The van der Waals surface area contributed by atoms with Crippen molar-refractivity contribution in [2.45, 2.75) is 26.2 Å². The van der Waals surface area contributed by atoms with Crippen molar-refractivity contribution in [2.75, 3.05) is 10.6 Å². The Bertz CT molecular complexity index is 1080. The molecule has 2 N–H and O–H groups in total. The van der Waals surface area contributed by atoms with Gasteiger partial charge < -0.3 is 10.6 Å². The van der Waals surface area contributed by atoms with Crippen molar-refractivity contribution >= 4 is 40.6 Å². The number of hydrogen-bond donors (Lipinski definition) is 2. The second-order valence-electron chi connectivity index (χ2n) is 7.07. The first-order chi connectivity index (χ1) is 15.0. The number of amides is 2. The molecule has 0 aliphatic carbocycles. The molecule has 0 saturated carbocycles. The van der Waals surface area contributed by atoms with Crippen LogP contribution in [0.3, 0.4) is 0 Å². The zero-order valence-corrected chi connectivity index (χ0v) is 17.9. The van der Waals surface area contributed by atoms with Gasteiger partial charge in [-0.25, -0.2) is 0 Å². The number of halogens is 1. The van der Waals surface area contributed by atoms with E-state index in [1.807, 2.05) is 13.0 Å². The maximum Gasteiger partial charge on any atom is 0.255 e. The molecule has 158 valence electrons. The van der Waals surface area contributed by atoms with Crippen LogP contribution >= 0.6 is 11.6 Å². The van der Waals surface area contributed by atoms with Gasteiger partial charge in [-0.2, -0.15) is 0 Å². The summed E-state index contributed by atoms with van der Waals surface area (Å²) < 4.78 is 0. The number of unbranched alkanes of at least 4 members (excludes halogenated alkanes) is 1. The van der Waals surface area contributed by atoms with E-state index in [0.717, 1.165) is 12.8 Å². The van der Waals surface area contributed by atoms with E-state index in [4.69, 9.17) is 11.6 Å². The van der Waals surface area contributed by atoms with E-state index in [0.29, 0.717) is 39.5 Å². The van der Waals surface area contributed by atoms with Crippen molar-refractivity contribution in [3.8, 4) is 0 Å². The highest BCUT2D eigenvalue weighted by atomic mass is 35.5. The number of carbonyl (C=O) groups excluding carboxylic acids is 3. The minimum absolute atomic E-state index is 0.0516. The molecule has 0 aliphatic heterocycles. The molecule has 3 rings (SSSR count). The van der Waals surface area contributed by atoms with Crippen molar-refractivity contribution in [3.63, 3.8) is 0 Å². The van der Waals surface area contributed by atoms with E-state index in [-0.39, 0.29) is 17.6 Å². The normalized spacial score (nSPS) is 10.4. The molecule has 0 fully saturated rings. The molecule has 0 atom stereocenters. The predicted molar refractivity (Wildman–Crippen MR) is 124 cm³/mol. The lowest BCUT2D eigenvalue weighted by Gasteiger charge is -2.12. The highest BCUT2D eigenvalue weighted by Crippen LogP contribution is 2.24. The molecule has 0 spiro atoms. The van der Waals surface area contributed by atoms with E-state index in [2.05, 4.69) is 10.6 Å². The summed E-state index contributed by atoms with van der Waals surface area (Å²) in [6.07, 6.45) is 2.25. The van der Waals surface area contributed by atoms with Crippen LogP contribution in [0.25, 0.3) is 0 Å². The molecule has 2 amide bonds. The van der Waals surface area contributed by atoms with Crippen molar-refractivity contribution in [1.82, 2.24) is 0 Å². The number of hydrogen-bond acceptors (Lipinski definition) is 3. The second-order valence-corrected chi connectivity index (χ2v) is 7.50. The van der Waals surface area contributed by atoms with Gasteiger partial charge in [0.2, 0.25) is 5.91 Å². The molecule has 31 heavy (non-hydrogen) atoms. The van der Waals surface area contributed by atoms with Gasteiger partial charge in [-0.1, -0.05) is 55.3 Å². The van der Waals surface area contributed by atoms with Crippen LogP contribution in [0.1, 0.15) is 52.5 Å². The average molecular weight is 435 g/mol. The Balaban J connectivity index is 1.75. The Morgan fingerprint density at radius 2 is 1.55 bits per heavy atom. The summed E-state index contributed by atoms with van der Waals surface area (Å²) in [4.78, 5) is 37.5. The molecule has 6 heteroatoms. The largest absolute Gasteiger partial charge is 0.326 e. The van der Waals surface area contributed by atoms with Gasteiger partial charge in [0.1, 0.15) is 0 Å². The van der Waals surface area contributed by atoms with E-state index >= 15 is 0 Å². The highest BCUT2D eigenvalue weighted by Gasteiger charge is 2.17. The summed E-state index contributed by atoms with van der Waals surface area (Å²) in [5.41, 5.74) is 2.22. The molecule has 0 unspecified atom stereocenters. The SMILES string of the molecule is CCCCC(=O)Nc1ccc(C(=O)Nc2ccc(Cl)cc2C(=O)c2ccccc2)cc1. The molecule has 0 aliphatic rings. The Morgan fingerprint density at radius 3 is 2.23 bits per heavy atom. The summed E-state index contributed by atoms with van der Waals surface area (Å²) in [6.45, 7) is 2.03. The van der Waals surface area contributed by atoms with Crippen molar-refractivity contribution in [2.24, 2.45) is 0 Å². The standard InChI is InChI=1S/C25H23ClN2O3/c1-2-3-9-23(29)27-20-13-10-18(11-14-20)25(31)28-22-15-12-19(26)16-21(22)24(30)17-7-5-4-6-8-17/h4-8,10-16H,2-3,9H2,1H3,(H,27,29)(H,28,31). The smallest absolute Gasteiger partial charge is 0.255 e. The molecule has 3 aromatic carbocycles. The molecule has 0 saturated heterocycles. The molecule has 0 heterocycles. The summed E-state index contributed by atoms with van der Waals surface area (Å²) in [5.74, 6) is -0.652. The average Bonchev–Trinajstić information content (AvgIpc) is 2.79. The van der Waals surface area contributed by atoms with E-state index in [9.17, 15) is 14.4 Å². The fraction of sp³-hybridized carbons (Fsp3) is 0.160. The summed E-state index contributed by atoms with van der Waals surface area (Å²) in [7, 11) is 0. The van der Waals surface area contributed by atoms with Gasteiger partial charge >= 0.3 is 0 Å². The highest BCUT2D eigenvalue weighted by molar-refractivity contribution is 6.31. The first-order valence-electron chi connectivity index (χ1n) is 10.1. The number of nitrogens with one attached hydrogen (secondary N) is 2. The Kier molecular flexibility index (Phi) is 7.57. The van der Waals surface area contributed by atoms with Crippen LogP contribution in [0.15, 0.2) is 72.8 Å². The van der Waals surface area contributed by atoms with Crippen molar-refractivity contribution < 1.29 is 14.4 Å². The van der Waals surface area contributed by atoms with Gasteiger partial charge in [0.05, 0.1) is 5.69 Å². The summed E-state index contributed by atoms with van der Waals surface area (Å²) in [5, 5.41) is 6.00. The lowest BCUT2D eigenvalue weighted by molar-refractivity contribution is -0.116. The van der Waals surface area contributed by atoms with Gasteiger partial charge in [-0.3, -0.25) is 14.4 Å². The summed E-state index contributed by atoms with van der Waals surface area (Å²) in [6, 6.07) is 20.2. The van der Waals surface area contributed by atoms with E-state index in [1.165, 1.54) is 0 Å². The van der Waals surface area contributed by atoms with Crippen LogP contribution in [0, 0.1) is 0 Å². The monoisotopic (exact) mass is 434 g/mol. The molecule has 5 nitrogen and oxygen atoms in total. The fourth-order valence-electron chi connectivity index (χ4n) is 3.02. The number of anilines is 2. The predicted octanol–water partition coefficient (Wildman–Crippen LogP) is 5.95. The van der Waals surface area contributed by atoms with Gasteiger partial charge in [0.25, 0.3) is 5.91 Å². The van der Waals surface area contributed by atoms with Crippen LogP contribution in [-0.2, 0) is 4.79 Å². The first kappa shape index (κ1) is 22.2. The fourth-order valence-corrected chi connectivity index (χ4v) is 3.19. The van der Waals surface area contributed by atoms with Gasteiger partial charge in [-0.15, -0.1) is 0 Å². The van der Waals surface area contributed by atoms with Crippen molar-refractivity contribution in [3.05, 3.63) is 94.5 Å². The maximum absolute atomic E-state index is 12.9. The number of benzene rings is 3. The molecule has 0 aromatic heterocycles. The molecular weight excluding hydrogens is 412 g/mol. The molecular formula is C25H23ClN2O3. The van der Waals surface area contributed by atoms with Crippen LogP contribution in [0.4, 0.5) is 11.4 Å². The van der Waals surface area contributed by atoms with E-state index < -0.39 is 0 Å². The number of carbonyl (C=O) groups is 3. The topological polar surface area (TPSA) is 75.3 Å². The van der Waals surface area contributed by atoms with Gasteiger partial charge in [0.15, 0.2) is 5.78 Å². The lowest BCUT2D eigenvalue weighted by atomic mass is 10.0. The number of rotatable bonds is 8.